The molecular weight excluding hydrogens is 363 g/mol. The number of hydrogen-bond donors (Lipinski definition) is 0. The van der Waals surface area contributed by atoms with Crippen LogP contribution in [0.1, 0.15) is 25.0 Å². The van der Waals surface area contributed by atoms with Crippen molar-refractivity contribution in [1.29, 1.82) is 0 Å². The molecule has 0 saturated carbocycles. The van der Waals surface area contributed by atoms with Crippen LogP contribution in [0.4, 0.5) is 0 Å². The Bertz CT molecular complexity index is 856. The summed E-state index contributed by atoms with van der Waals surface area (Å²) in [6.07, 6.45) is 1.99. The van der Waals surface area contributed by atoms with Crippen LogP contribution in [0.15, 0.2) is 47.4 Å². The van der Waals surface area contributed by atoms with E-state index in [1.807, 2.05) is 36.6 Å². The van der Waals surface area contributed by atoms with Crippen LogP contribution in [-0.2, 0) is 9.53 Å². The van der Waals surface area contributed by atoms with Gasteiger partial charge in [-0.2, -0.15) is 0 Å². The summed E-state index contributed by atoms with van der Waals surface area (Å²) in [5, 5.41) is 1.13. The van der Waals surface area contributed by atoms with Crippen molar-refractivity contribution in [3.63, 3.8) is 0 Å². The molecule has 1 aliphatic heterocycles. The highest BCUT2D eigenvalue weighted by Crippen LogP contribution is 2.43. The molecule has 0 fully saturated rings. The van der Waals surface area contributed by atoms with Gasteiger partial charge in [-0.15, -0.1) is 11.8 Å². The lowest BCUT2D eigenvalue weighted by Crippen LogP contribution is -2.29. The van der Waals surface area contributed by atoms with Crippen LogP contribution >= 0.6 is 35.0 Å². The Morgan fingerprint density at radius 3 is 2.46 bits per heavy atom. The molecule has 0 saturated heterocycles. The van der Waals surface area contributed by atoms with Gasteiger partial charge in [-0.05, 0) is 56.0 Å². The first kappa shape index (κ1) is 17.4. The van der Waals surface area contributed by atoms with E-state index in [2.05, 4.69) is 0 Å². The minimum atomic E-state index is -0.936. The molecule has 0 radical (unpaired) electrons. The van der Waals surface area contributed by atoms with E-state index in [0.717, 1.165) is 10.5 Å². The minimum Gasteiger partial charge on any atom is -0.478 e. The Kier molecular flexibility index (Phi) is 4.69. The van der Waals surface area contributed by atoms with Crippen LogP contribution < -0.4 is 0 Å². The third kappa shape index (κ3) is 3.08. The summed E-state index contributed by atoms with van der Waals surface area (Å²) >= 11 is 14.2. The molecule has 0 aliphatic carbocycles. The normalized spacial score (nSPS) is 16.5. The van der Waals surface area contributed by atoms with Gasteiger partial charge in [-0.3, -0.25) is 4.79 Å². The van der Waals surface area contributed by atoms with Gasteiger partial charge in [0.1, 0.15) is 5.76 Å². The van der Waals surface area contributed by atoms with Crippen molar-refractivity contribution in [3.8, 4) is 0 Å². The first-order chi connectivity index (χ1) is 11.3. The lowest BCUT2D eigenvalue weighted by molar-refractivity contribution is -0.125. The van der Waals surface area contributed by atoms with Crippen molar-refractivity contribution >= 4 is 52.1 Å². The standard InChI is InChI=1S/C19H16Cl2O2S/c1-19(2)18(22)16(11-5-4-6-12(20)9-11)17(23-19)14-8-7-13(24-3)10-15(14)21/h4-10H,1-3H3. The molecule has 124 valence electrons. The average Bonchev–Trinajstić information content (AvgIpc) is 2.77. The molecule has 0 bridgehead atoms. The molecule has 24 heavy (non-hydrogen) atoms. The maximum Gasteiger partial charge on any atom is 0.210 e. The zero-order chi connectivity index (χ0) is 17.5. The third-order valence-corrected chi connectivity index (χ3v) is 5.17. The summed E-state index contributed by atoms with van der Waals surface area (Å²) in [7, 11) is 0. The summed E-state index contributed by atoms with van der Waals surface area (Å²) in [4.78, 5) is 13.9. The van der Waals surface area contributed by atoms with Gasteiger partial charge in [0.25, 0.3) is 0 Å². The van der Waals surface area contributed by atoms with E-state index in [4.69, 9.17) is 27.9 Å². The minimum absolute atomic E-state index is 0.0789. The fraction of sp³-hybridized carbons (Fsp3) is 0.211. The molecule has 0 N–H and O–H groups in total. The van der Waals surface area contributed by atoms with Crippen molar-refractivity contribution < 1.29 is 9.53 Å². The quantitative estimate of drug-likeness (QED) is 0.616. The van der Waals surface area contributed by atoms with Crippen molar-refractivity contribution in [2.45, 2.75) is 24.3 Å². The zero-order valence-electron chi connectivity index (χ0n) is 13.5. The van der Waals surface area contributed by atoms with Crippen molar-refractivity contribution in [2.75, 3.05) is 6.26 Å². The lowest BCUT2D eigenvalue weighted by atomic mass is 9.92. The number of thioether (sulfide) groups is 1. The topological polar surface area (TPSA) is 26.3 Å². The smallest absolute Gasteiger partial charge is 0.210 e. The largest absolute Gasteiger partial charge is 0.478 e. The number of ether oxygens (including phenoxy) is 1. The number of benzene rings is 2. The van der Waals surface area contributed by atoms with Gasteiger partial charge in [0.05, 0.1) is 10.6 Å². The Hall–Kier alpha value is -1.42. The SMILES string of the molecule is CSc1ccc(C2=C(c3cccc(Cl)c3)C(=O)C(C)(C)O2)c(Cl)c1. The van der Waals surface area contributed by atoms with Crippen molar-refractivity contribution in [1.82, 2.24) is 0 Å². The molecule has 2 aromatic rings. The highest BCUT2D eigenvalue weighted by Gasteiger charge is 2.43. The monoisotopic (exact) mass is 378 g/mol. The van der Waals surface area contributed by atoms with Gasteiger partial charge in [-0.25, -0.2) is 0 Å². The molecule has 0 unspecified atom stereocenters. The molecule has 0 aromatic heterocycles. The van der Waals surface area contributed by atoms with E-state index in [1.54, 1.807) is 37.7 Å². The Morgan fingerprint density at radius 1 is 1.08 bits per heavy atom. The molecule has 2 aromatic carbocycles. The Balaban J connectivity index is 2.22. The van der Waals surface area contributed by atoms with Crippen LogP contribution in [0.2, 0.25) is 10.0 Å². The van der Waals surface area contributed by atoms with Gasteiger partial charge in [0, 0.05) is 15.5 Å². The summed E-state index contributed by atoms with van der Waals surface area (Å²) < 4.78 is 6.00. The van der Waals surface area contributed by atoms with E-state index < -0.39 is 5.60 Å². The molecule has 0 atom stereocenters. The van der Waals surface area contributed by atoms with Crippen molar-refractivity contribution in [2.24, 2.45) is 0 Å². The summed E-state index contributed by atoms with van der Waals surface area (Å²) in [6.45, 7) is 3.52. The van der Waals surface area contributed by atoms with E-state index >= 15 is 0 Å². The molecule has 1 aliphatic rings. The first-order valence-electron chi connectivity index (χ1n) is 7.41. The van der Waals surface area contributed by atoms with Crippen LogP contribution in [0.25, 0.3) is 11.3 Å². The van der Waals surface area contributed by atoms with Gasteiger partial charge >= 0.3 is 0 Å². The van der Waals surface area contributed by atoms with Gasteiger partial charge in [0.15, 0.2) is 5.60 Å². The zero-order valence-corrected chi connectivity index (χ0v) is 15.9. The molecule has 1 heterocycles. The third-order valence-electron chi connectivity index (χ3n) is 3.89. The summed E-state index contributed by atoms with van der Waals surface area (Å²) in [6, 6.07) is 13.0. The second kappa shape index (κ2) is 6.47. The average molecular weight is 379 g/mol. The molecule has 0 spiro atoms. The summed E-state index contributed by atoms with van der Waals surface area (Å²) in [5.74, 6) is 0.426. The van der Waals surface area contributed by atoms with Crippen LogP contribution in [-0.4, -0.2) is 17.6 Å². The number of halogens is 2. The second-order valence-electron chi connectivity index (χ2n) is 6.00. The van der Waals surface area contributed by atoms with Gasteiger partial charge < -0.3 is 4.74 Å². The predicted molar refractivity (Wildman–Crippen MR) is 102 cm³/mol. The highest BCUT2D eigenvalue weighted by molar-refractivity contribution is 7.98. The predicted octanol–water partition coefficient (Wildman–Crippen LogP) is 5.96. The highest BCUT2D eigenvalue weighted by atomic mass is 35.5. The maximum absolute atomic E-state index is 12.9. The summed E-state index contributed by atoms with van der Waals surface area (Å²) in [5.41, 5.74) is 1.02. The van der Waals surface area contributed by atoms with Gasteiger partial charge in [-0.1, -0.05) is 35.3 Å². The molecular formula is C19H16Cl2O2S. The number of ketones is 1. The first-order valence-corrected chi connectivity index (χ1v) is 9.39. The van der Waals surface area contributed by atoms with E-state index in [1.165, 1.54) is 0 Å². The second-order valence-corrected chi connectivity index (χ2v) is 7.73. The number of rotatable bonds is 3. The number of hydrogen-bond acceptors (Lipinski definition) is 3. The Morgan fingerprint density at radius 2 is 1.83 bits per heavy atom. The van der Waals surface area contributed by atoms with Gasteiger partial charge in [0.2, 0.25) is 5.78 Å². The lowest BCUT2D eigenvalue weighted by Gasteiger charge is -2.18. The Labute approximate surface area is 155 Å². The van der Waals surface area contributed by atoms with E-state index in [9.17, 15) is 4.79 Å². The van der Waals surface area contributed by atoms with E-state index in [0.29, 0.717) is 26.9 Å². The van der Waals surface area contributed by atoms with Crippen LogP contribution in [0, 0.1) is 0 Å². The molecule has 0 amide bonds. The molecule has 2 nitrogen and oxygen atoms in total. The number of carbonyl (C=O) groups is 1. The van der Waals surface area contributed by atoms with E-state index in [-0.39, 0.29) is 5.78 Å². The fourth-order valence-corrected chi connectivity index (χ4v) is 3.62. The number of carbonyl (C=O) groups excluding carboxylic acids is 1. The molecule has 3 rings (SSSR count). The maximum atomic E-state index is 12.9. The number of Topliss-reactive ketones (excluding diaryl/α,β-unsaturated/α-hetero) is 1. The van der Waals surface area contributed by atoms with Crippen LogP contribution in [0.5, 0.6) is 0 Å². The van der Waals surface area contributed by atoms with Crippen LogP contribution in [0.3, 0.4) is 0 Å². The van der Waals surface area contributed by atoms with Crippen molar-refractivity contribution in [3.05, 3.63) is 63.6 Å². The molecule has 5 heteroatoms. The fourth-order valence-electron chi connectivity index (χ4n) is 2.66.